The molecule has 0 aliphatic carbocycles. The van der Waals surface area contributed by atoms with E-state index in [0.29, 0.717) is 0 Å². The van der Waals surface area contributed by atoms with Crippen LogP contribution in [-0.4, -0.2) is 21.8 Å². The van der Waals surface area contributed by atoms with Crippen molar-refractivity contribution in [3.63, 3.8) is 0 Å². The molecule has 17 heavy (non-hydrogen) atoms. The van der Waals surface area contributed by atoms with Gasteiger partial charge in [-0.2, -0.15) is 0 Å². The third kappa shape index (κ3) is 2.51. The Labute approximate surface area is 107 Å². The van der Waals surface area contributed by atoms with E-state index < -0.39 is 23.1 Å². The van der Waals surface area contributed by atoms with Crippen LogP contribution in [0.25, 0.3) is 0 Å². The van der Waals surface area contributed by atoms with Crippen molar-refractivity contribution in [1.29, 1.82) is 5.41 Å². The maximum absolute atomic E-state index is 11.4. The predicted molar refractivity (Wildman–Crippen MR) is 65.0 cm³/mol. The molecule has 0 bridgehead atoms. The zero-order chi connectivity index (χ0) is 13.2. The lowest BCUT2D eigenvalue weighted by molar-refractivity contribution is -0.113. The first-order valence-electron chi connectivity index (χ1n) is 4.30. The minimum absolute atomic E-state index is 0.0914. The number of aromatic hydroxyl groups is 2. The number of phenolic OH excluding ortho intramolecular Hbond substituents is 2. The van der Waals surface area contributed by atoms with Gasteiger partial charge in [0.15, 0.2) is 11.5 Å². The fourth-order valence-corrected chi connectivity index (χ4v) is 1.51. The SMILES string of the molecule is C=CNC(=O)C(=N)c1cc(Cl)c(O)c(O)c1Cl. The van der Waals surface area contributed by atoms with E-state index in [1.807, 2.05) is 0 Å². The van der Waals surface area contributed by atoms with Crippen molar-refractivity contribution in [2.75, 3.05) is 0 Å². The average molecular weight is 275 g/mol. The molecule has 1 aromatic carbocycles. The van der Waals surface area contributed by atoms with Crippen LogP contribution < -0.4 is 5.32 Å². The van der Waals surface area contributed by atoms with Crippen molar-refractivity contribution < 1.29 is 15.0 Å². The maximum atomic E-state index is 11.4. The Hall–Kier alpha value is -1.72. The molecule has 4 N–H and O–H groups in total. The molecule has 0 saturated carbocycles. The van der Waals surface area contributed by atoms with Gasteiger partial charge >= 0.3 is 0 Å². The summed E-state index contributed by atoms with van der Waals surface area (Å²) in [5.74, 6) is -2.04. The first kappa shape index (κ1) is 13.3. The summed E-state index contributed by atoms with van der Waals surface area (Å²) in [6.45, 7) is 3.27. The van der Waals surface area contributed by atoms with Crippen LogP contribution in [0.1, 0.15) is 5.56 Å². The maximum Gasteiger partial charge on any atom is 0.273 e. The highest BCUT2D eigenvalue weighted by molar-refractivity contribution is 6.49. The van der Waals surface area contributed by atoms with Crippen LogP contribution in [-0.2, 0) is 4.79 Å². The summed E-state index contributed by atoms with van der Waals surface area (Å²) in [5, 5.41) is 27.9. The molecule has 0 aromatic heterocycles. The Morgan fingerprint density at radius 1 is 1.41 bits per heavy atom. The van der Waals surface area contributed by atoms with E-state index in [4.69, 9.17) is 28.6 Å². The van der Waals surface area contributed by atoms with Gasteiger partial charge in [0, 0.05) is 5.56 Å². The van der Waals surface area contributed by atoms with Gasteiger partial charge in [-0.1, -0.05) is 29.8 Å². The molecule has 1 rings (SSSR count). The monoisotopic (exact) mass is 274 g/mol. The van der Waals surface area contributed by atoms with Gasteiger partial charge in [0.2, 0.25) is 0 Å². The number of hydrogen-bond acceptors (Lipinski definition) is 4. The number of amides is 1. The van der Waals surface area contributed by atoms with E-state index in [1.165, 1.54) is 0 Å². The summed E-state index contributed by atoms with van der Waals surface area (Å²) >= 11 is 11.3. The number of halogens is 2. The molecule has 0 fully saturated rings. The molecule has 0 radical (unpaired) electrons. The fraction of sp³-hybridized carbons (Fsp3) is 0. The zero-order valence-electron chi connectivity index (χ0n) is 8.42. The van der Waals surface area contributed by atoms with Crippen LogP contribution in [0.15, 0.2) is 18.8 Å². The predicted octanol–water partition coefficient (Wildman–Crippen LogP) is 2.03. The minimum atomic E-state index is -0.761. The Morgan fingerprint density at radius 3 is 2.53 bits per heavy atom. The Morgan fingerprint density at radius 2 is 2.00 bits per heavy atom. The number of benzene rings is 1. The van der Waals surface area contributed by atoms with Gasteiger partial charge < -0.3 is 15.5 Å². The number of nitrogens with one attached hydrogen (secondary N) is 2. The fourth-order valence-electron chi connectivity index (χ4n) is 1.07. The zero-order valence-corrected chi connectivity index (χ0v) is 9.93. The first-order chi connectivity index (χ1) is 7.90. The molecule has 5 nitrogen and oxygen atoms in total. The van der Waals surface area contributed by atoms with Gasteiger partial charge in [-0.15, -0.1) is 0 Å². The molecule has 0 spiro atoms. The number of rotatable bonds is 3. The topological polar surface area (TPSA) is 93.4 Å². The number of carbonyl (C=O) groups is 1. The summed E-state index contributed by atoms with van der Waals surface area (Å²) in [6, 6.07) is 1.12. The molecular weight excluding hydrogens is 267 g/mol. The van der Waals surface area contributed by atoms with Gasteiger partial charge in [-0.05, 0) is 12.3 Å². The lowest BCUT2D eigenvalue weighted by Gasteiger charge is -2.09. The number of hydrogen-bond donors (Lipinski definition) is 4. The lowest BCUT2D eigenvalue weighted by atomic mass is 10.1. The Balaban J connectivity index is 3.28. The summed E-state index contributed by atoms with van der Waals surface area (Å²) in [6.07, 6.45) is 1.10. The smallest absolute Gasteiger partial charge is 0.273 e. The summed E-state index contributed by atoms with van der Waals surface area (Å²) in [5.41, 5.74) is -0.599. The number of carbonyl (C=O) groups excluding carboxylic acids is 1. The molecule has 0 unspecified atom stereocenters. The highest BCUT2D eigenvalue weighted by Crippen LogP contribution is 2.41. The molecule has 0 heterocycles. The largest absolute Gasteiger partial charge is 0.503 e. The van der Waals surface area contributed by atoms with Gasteiger partial charge in [0.05, 0.1) is 10.0 Å². The van der Waals surface area contributed by atoms with E-state index in [-0.39, 0.29) is 15.6 Å². The van der Waals surface area contributed by atoms with Crippen molar-refractivity contribution in [3.8, 4) is 11.5 Å². The van der Waals surface area contributed by atoms with Gasteiger partial charge in [0.1, 0.15) is 5.71 Å². The quantitative estimate of drug-likeness (QED) is 0.502. The highest BCUT2D eigenvalue weighted by atomic mass is 35.5. The van der Waals surface area contributed by atoms with Gasteiger partial charge in [0.25, 0.3) is 5.91 Å². The van der Waals surface area contributed by atoms with Crippen LogP contribution in [0.3, 0.4) is 0 Å². The summed E-state index contributed by atoms with van der Waals surface area (Å²) in [4.78, 5) is 11.4. The van der Waals surface area contributed by atoms with Gasteiger partial charge in [-0.3, -0.25) is 10.2 Å². The van der Waals surface area contributed by atoms with E-state index in [0.717, 1.165) is 12.3 Å². The van der Waals surface area contributed by atoms with Crippen LogP contribution in [0.2, 0.25) is 10.0 Å². The second-order valence-electron chi connectivity index (χ2n) is 2.97. The van der Waals surface area contributed by atoms with E-state index in [2.05, 4.69) is 11.9 Å². The molecule has 0 aliphatic rings. The Bertz CT molecular complexity index is 515. The lowest BCUT2D eigenvalue weighted by Crippen LogP contribution is -2.26. The standard InChI is InChI=1S/C10H8Cl2N2O3/c1-2-14-10(17)7(13)4-3-5(11)8(15)9(16)6(4)12/h2-3,13,15-16H,1H2,(H,14,17). The summed E-state index contributed by atoms with van der Waals surface area (Å²) in [7, 11) is 0. The molecule has 0 atom stereocenters. The van der Waals surface area contributed by atoms with Gasteiger partial charge in [-0.25, -0.2) is 0 Å². The molecule has 0 saturated heterocycles. The molecular formula is C10H8Cl2N2O3. The average Bonchev–Trinajstić information content (AvgIpc) is 2.30. The number of phenols is 2. The normalized spacial score (nSPS) is 9.76. The van der Waals surface area contributed by atoms with Crippen LogP contribution in [0.4, 0.5) is 0 Å². The van der Waals surface area contributed by atoms with Crippen molar-refractivity contribution >= 4 is 34.8 Å². The van der Waals surface area contributed by atoms with E-state index >= 15 is 0 Å². The molecule has 1 amide bonds. The summed E-state index contributed by atoms with van der Waals surface area (Å²) < 4.78 is 0. The van der Waals surface area contributed by atoms with Crippen molar-refractivity contribution in [2.45, 2.75) is 0 Å². The third-order valence-electron chi connectivity index (χ3n) is 1.90. The van der Waals surface area contributed by atoms with Crippen molar-refractivity contribution in [1.82, 2.24) is 5.32 Å². The van der Waals surface area contributed by atoms with Crippen LogP contribution in [0.5, 0.6) is 11.5 Å². The third-order valence-corrected chi connectivity index (χ3v) is 2.57. The van der Waals surface area contributed by atoms with E-state index in [9.17, 15) is 15.0 Å². The molecule has 90 valence electrons. The molecule has 1 aromatic rings. The first-order valence-corrected chi connectivity index (χ1v) is 5.06. The highest BCUT2D eigenvalue weighted by Gasteiger charge is 2.20. The van der Waals surface area contributed by atoms with Crippen LogP contribution >= 0.6 is 23.2 Å². The minimum Gasteiger partial charge on any atom is -0.503 e. The second kappa shape index (κ2) is 5.07. The molecule has 7 heteroatoms. The molecule has 0 aliphatic heterocycles. The van der Waals surface area contributed by atoms with E-state index in [1.54, 1.807) is 0 Å². The van der Waals surface area contributed by atoms with Crippen molar-refractivity contribution in [2.24, 2.45) is 0 Å². The van der Waals surface area contributed by atoms with Crippen LogP contribution in [0, 0.1) is 5.41 Å². The second-order valence-corrected chi connectivity index (χ2v) is 3.75. The Kier molecular flexibility index (Phi) is 3.98. The van der Waals surface area contributed by atoms with Crippen molar-refractivity contribution in [3.05, 3.63) is 34.5 Å².